The lowest BCUT2D eigenvalue weighted by molar-refractivity contribution is 0.414. The van der Waals surface area contributed by atoms with Gasteiger partial charge >= 0.3 is 0 Å². The number of anilines is 1. The highest BCUT2D eigenvalue weighted by molar-refractivity contribution is 5.65. The van der Waals surface area contributed by atoms with Crippen molar-refractivity contribution in [1.82, 2.24) is 4.98 Å². The van der Waals surface area contributed by atoms with Gasteiger partial charge < -0.3 is 14.5 Å². The average Bonchev–Trinajstić information content (AvgIpc) is 3.04. The summed E-state index contributed by atoms with van der Waals surface area (Å²) in [5.74, 6) is 1.36. The lowest BCUT2D eigenvalue weighted by Gasteiger charge is -2.04. The van der Waals surface area contributed by atoms with Gasteiger partial charge in [0.25, 0.3) is 0 Å². The number of oxazole rings is 1. The first-order valence-corrected chi connectivity index (χ1v) is 7.14. The van der Waals surface area contributed by atoms with E-state index in [1.165, 1.54) is 0 Å². The van der Waals surface area contributed by atoms with Gasteiger partial charge in [0.1, 0.15) is 11.8 Å². The van der Waals surface area contributed by atoms with Gasteiger partial charge in [0, 0.05) is 6.54 Å². The van der Waals surface area contributed by atoms with Crippen molar-refractivity contribution in [1.29, 1.82) is 5.26 Å². The zero-order valence-electron chi connectivity index (χ0n) is 12.6. The Bertz CT molecular complexity index is 835. The number of hydrogen-bond acceptors (Lipinski definition) is 5. The van der Waals surface area contributed by atoms with Gasteiger partial charge in [-0.3, -0.25) is 0 Å². The van der Waals surface area contributed by atoms with Gasteiger partial charge in [-0.2, -0.15) is 10.2 Å². The van der Waals surface area contributed by atoms with E-state index in [9.17, 15) is 5.26 Å². The quantitative estimate of drug-likeness (QED) is 0.775. The molecule has 3 aromatic rings. The zero-order chi connectivity index (χ0) is 16.1. The predicted molar refractivity (Wildman–Crippen MR) is 87.0 cm³/mol. The van der Waals surface area contributed by atoms with Crippen molar-refractivity contribution in [3.63, 3.8) is 0 Å². The number of benzene rings is 2. The molecule has 0 saturated carbocycles. The molecule has 1 aromatic heterocycles. The molecular formula is C18H15N3O2. The highest BCUT2D eigenvalue weighted by Crippen LogP contribution is 2.32. The molecule has 0 bridgehead atoms. The standard InChI is InChI=1S/C18H15N3O2/c1-22-16-10-6-5-9-14(16)17-21-15(11-19)18(23-17)20-12-13-7-3-2-4-8-13/h2-10,20H,12H2,1H3. The first kappa shape index (κ1) is 14.7. The smallest absolute Gasteiger partial charge is 0.233 e. The lowest BCUT2D eigenvalue weighted by atomic mass is 10.2. The van der Waals surface area contributed by atoms with Crippen LogP contribution in [0.3, 0.4) is 0 Å². The Kier molecular flexibility index (Phi) is 4.25. The Morgan fingerprint density at radius 1 is 1.13 bits per heavy atom. The molecule has 5 nitrogen and oxygen atoms in total. The summed E-state index contributed by atoms with van der Waals surface area (Å²) in [6.45, 7) is 0.552. The molecule has 0 spiro atoms. The molecule has 0 unspecified atom stereocenters. The van der Waals surface area contributed by atoms with Gasteiger partial charge in [0.15, 0.2) is 0 Å². The molecule has 0 aliphatic rings. The zero-order valence-corrected chi connectivity index (χ0v) is 12.6. The van der Waals surface area contributed by atoms with Gasteiger partial charge in [-0.1, -0.05) is 42.5 Å². The minimum absolute atomic E-state index is 0.224. The van der Waals surface area contributed by atoms with Crippen LogP contribution in [0.4, 0.5) is 5.88 Å². The van der Waals surface area contributed by atoms with Gasteiger partial charge in [-0.15, -0.1) is 0 Å². The molecule has 114 valence electrons. The second-order valence-electron chi connectivity index (χ2n) is 4.85. The minimum Gasteiger partial charge on any atom is -0.496 e. The fraction of sp³-hybridized carbons (Fsp3) is 0.111. The Labute approximate surface area is 134 Å². The second-order valence-corrected chi connectivity index (χ2v) is 4.85. The molecule has 5 heteroatoms. The summed E-state index contributed by atoms with van der Waals surface area (Å²) in [6, 6.07) is 19.3. The van der Waals surface area contributed by atoms with Crippen LogP contribution in [0, 0.1) is 11.3 Å². The first-order valence-electron chi connectivity index (χ1n) is 7.14. The minimum atomic E-state index is 0.224. The van der Waals surface area contributed by atoms with Crippen LogP contribution in [0.2, 0.25) is 0 Å². The van der Waals surface area contributed by atoms with E-state index in [0.717, 1.165) is 5.56 Å². The van der Waals surface area contributed by atoms with Crippen molar-refractivity contribution >= 4 is 5.88 Å². The van der Waals surface area contributed by atoms with Crippen LogP contribution < -0.4 is 10.1 Å². The Hall–Kier alpha value is -3.26. The fourth-order valence-corrected chi connectivity index (χ4v) is 2.23. The van der Waals surface area contributed by atoms with Crippen LogP contribution in [0.15, 0.2) is 59.0 Å². The maximum atomic E-state index is 9.26. The number of nitriles is 1. The normalized spacial score (nSPS) is 10.1. The van der Waals surface area contributed by atoms with E-state index in [4.69, 9.17) is 9.15 Å². The predicted octanol–water partition coefficient (Wildman–Crippen LogP) is 3.83. The van der Waals surface area contributed by atoms with Gasteiger partial charge in [-0.25, -0.2) is 0 Å². The van der Waals surface area contributed by atoms with E-state index in [1.807, 2.05) is 54.6 Å². The molecule has 2 aromatic carbocycles. The number of methoxy groups -OCH3 is 1. The molecule has 0 fully saturated rings. The van der Waals surface area contributed by atoms with Crippen molar-refractivity contribution in [3.8, 4) is 23.3 Å². The largest absolute Gasteiger partial charge is 0.496 e. The van der Waals surface area contributed by atoms with E-state index >= 15 is 0 Å². The molecule has 0 amide bonds. The molecule has 23 heavy (non-hydrogen) atoms. The Morgan fingerprint density at radius 2 is 1.87 bits per heavy atom. The summed E-state index contributed by atoms with van der Waals surface area (Å²) in [4.78, 5) is 4.25. The van der Waals surface area contributed by atoms with Crippen LogP contribution in [0.1, 0.15) is 11.3 Å². The van der Waals surface area contributed by atoms with Crippen molar-refractivity contribution in [2.45, 2.75) is 6.54 Å². The maximum absolute atomic E-state index is 9.26. The number of ether oxygens (including phenoxy) is 1. The second kappa shape index (κ2) is 6.67. The summed E-state index contributed by atoms with van der Waals surface area (Å²) in [5, 5.41) is 12.4. The van der Waals surface area contributed by atoms with E-state index in [1.54, 1.807) is 7.11 Å². The topological polar surface area (TPSA) is 71.1 Å². The lowest BCUT2D eigenvalue weighted by Crippen LogP contribution is -1.99. The van der Waals surface area contributed by atoms with Crippen LogP contribution >= 0.6 is 0 Å². The number of aromatic nitrogens is 1. The van der Waals surface area contributed by atoms with Crippen molar-refractivity contribution in [2.75, 3.05) is 12.4 Å². The molecular weight excluding hydrogens is 290 g/mol. The highest BCUT2D eigenvalue weighted by atomic mass is 16.5. The molecule has 0 atom stereocenters. The number of nitrogens with zero attached hydrogens (tertiary/aromatic N) is 2. The van der Waals surface area contributed by atoms with E-state index in [0.29, 0.717) is 29.6 Å². The van der Waals surface area contributed by atoms with Gasteiger partial charge in [0.2, 0.25) is 17.5 Å². The molecule has 0 aliphatic carbocycles. The number of para-hydroxylation sites is 1. The number of rotatable bonds is 5. The summed E-state index contributed by atoms with van der Waals surface area (Å²) in [5.41, 5.74) is 2.02. The fourth-order valence-electron chi connectivity index (χ4n) is 2.23. The third-order valence-corrected chi connectivity index (χ3v) is 3.37. The molecule has 1 heterocycles. The summed E-state index contributed by atoms with van der Waals surface area (Å²) in [6.07, 6.45) is 0. The maximum Gasteiger partial charge on any atom is 0.233 e. The Morgan fingerprint density at radius 3 is 2.61 bits per heavy atom. The van der Waals surface area contributed by atoms with Crippen molar-refractivity contribution in [2.24, 2.45) is 0 Å². The molecule has 0 saturated heterocycles. The van der Waals surface area contributed by atoms with E-state index < -0.39 is 0 Å². The van der Waals surface area contributed by atoms with Crippen molar-refractivity contribution < 1.29 is 9.15 Å². The van der Waals surface area contributed by atoms with Crippen molar-refractivity contribution in [3.05, 3.63) is 65.9 Å². The van der Waals surface area contributed by atoms with Crippen LogP contribution in [0.25, 0.3) is 11.5 Å². The number of hydrogen-bond donors (Lipinski definition) is 1. The first-order chi connectivity index (χ1) is 11.3. The van der Waals surface area contributed by atoms with Crippen LogP contribution in [-0.4, -0.2) is 12.1 Å². The van der Waals surface area contributed by atoms with Crippen LogP contribution in [-0.2, 0) is 6.54 Å². The molecule has 3 rings (SSSR count). The van der Waals surface area contributed by atoms with Crippen LogP contribution in [0.5, 0.6) is 5.75 Å². The molecule has 1 N–H and O–H groups in total. The highest BCUT2D eigenvalue weighted by Gasteiger charge is 2.17. The molecule has 0 radical (unpaired) electrons. The monoisotopic (exact) mass is 305 g/mol. The summed E-state index contributed by atoms with van der Waals surface area (Å²) in [7, 11) is 1.58. The summed E-state index contributed by atoms with van der Waals surface area (Å²) >= 11 is 0. The van der Waals surface area contributed by atoms with Gasteiger partial charge in [0.05, 0.1) is 12.7 Å². The summed E-state index contributed by atoms with van der Waals surface area (Å²) < 4.78 is 11.0. The Balaban J connectivity index is 1.88. The third kappa shape index (κ3) is 3.16. The van der Waals surface area contributed by atoms with Gasteiger partial charge in [-0.05, 0) is 17.7 Å². The molecule has 0 aliphatic heterocycles. The third-order valence-electron chi connectivity index (χ3n) is 3.37. The van der Waals surface area contributed by atoms with E-state index in [-0.39, 0.29) is 5.69 Å². The van der Waals surface area contributed by atoms with E-state index in [2.05, 4.69) is 16.4 Å². The SMILES string of the molecule is COc1ccccc1-c1nc(C#N)c(NCc2ccccc2)o1. The average molecular weight is 305 g/mol. The number of nitrogens with one attached hydrogen (secondary N) is 1.